The SMILES string of the molecule is COc1ccc(Sc2ccc(OC)cc2Cc2ccc(CCSc3ccccc3)cc2)c(Cc2ccc(CCSc3ccccc3)cc2)c1. The van der Waals surface area contributed by atoms with Gasteiger partial charge in [-0.05, 0) is 120 Å². The molecule has 6 rings (SSSR count). The molecular weight excluding hydrogens is 657 g/mol. The van der Waals surface area contributed by atoms with E-state index in [4.69, 9.17) is 9.47 Å². The molecule has 0 atom stereocenters. The molecule has 0 fully saturated rings. The summed E-state index contributed by atoms with van der Waals surface area (Å²) in [6, 6.07) is 52.4. The highest BCUT2D eigenvalue weighted by Crippen LogP contribution is 2.38. The van der Waals surface area contributed by atoms with Crippen LogP contribution in [0.1, 0.15) is 33.4 Å². The molecule has 0 saturated carbocycles. The van der Waals surface area contributed by atoms with Gasteiger partial charge in [-0.3, -0.25) is 0 Å². The van der Waals surface area contributed by atoms with Crippen molar-refractivity contribution < 1.29 is 9.47 Å². The zero-order valence-corrected chi connectivity index (χ0v) is 30.6. The van der Waals surface area contributed by atoms with Gasteiger partial charge in [0.05, 0.1) is 14.2 Å². The van der Waals surface area contributed by atoms with Crippen LogP contribution < -0.4 is 9.47 Å². The average Bonchev–Trinajstić information content (AvgIpc) is 3.15. The number of thioether (sulfide) groups is 2. The normalized spacial score (nSPS) is 11.0. The van der Waals surface area contributed by atoms with Crippen LogP contribution in [-0.2, 0) is 25.7 Å². The lowest BCUT2D eigenvalue weighted by Crippen LogP contribution is -1.97. The van der Waals surface area contributed by atoms with E-state index in [2.05, 4.69) is 146 Å². The lowest BCUT2D eigenvalue weighted by molar-refractivity contribution is 0.414. The van der Waals surface area contributed by atoms with E-state index in [1.807, 2.05) is 35.3 Å². The number of hydrogen-bond acceptors (Lipinski definition) is 5. The second kappa shape index (κ2) is 18.1. The predicted molar refractivity (Wildman–Crippen MR) is 210 cm³/mol. The second-order valence-corrected chi connectivity index (χ2v) is 15.3. The maximum absolute atomic E-state index is 5.66. The van der Waals surface area contributed by atoms with Crippen LogP contribution in [0.2, 0.25) is 0 Å². The van der Waals surface area contributed by atoms with E-state index >= 15 is 0 Å². The minimum atomic E-state index is 0.841. The van der Waals surface area contributed by atoms with Crippen LogP contribution in [-0.4, -0.2) is 25.7 Å². The van der Waals surface area contributed by atoms with E-state index in [-0.39, 0.29) is 0 Å². The third-order valence-electron chi connectivity index (χ3n) is 8.40. The highest BCUT2D eigenvalue weighted by Gasteiger charge is 2.13. The summed E-state index contributed by atoms with van der Waals surface area (Å²) < 4.78 is 11.3. The van der Waals surface area contributed by atoms with Crippen LogP contribution in [0.4, 0.5) is 0 Å². The van der Waals surface area contributed by atoms with Crippen molar-refractivity contribution in [1.29, 1.82) is 0 Å². The second-order valence-electron chi connectivity index (χ2n) is 11.9. The summed E-state index contributed by atoms with van der Waals surface area (Å²) in [5.41, 5.74) is 7.86. The molecule has 0 N–H and O–H groups in total. The maximum Gasteiger partial charge on any atom is 0.119 e. The van der Waals surface area contributed by atoms with Crippen molar-refractivity contribution in [3.8, 4) is 11.5 Å². The molecule has 0 heterocycles. The summed E-state index contributed by atoms with van der Waals surface area (Å²) in [5.74, 6) is 3.90. The van der Waals surface area contributed by atoms with Crippen molar-refractivity contribution >= 4 is 35.3 Å². The van der Waals surface area contributed by atoms with Crippen LogP contribution in [0.3, 0.4) is 0 Å². The van der Waals surface area contributed by atoms with E-state index in [1.165, 1.54) is 53.0 Å². The molecule has 0 radical (unpaired) electrons. The summed E-state index contributed by atoms with van der Waals surface area (Å²) in [5, 5.41) is 0. The van der Waals surface area contributed by atoms with Crippen LogP contribution in [0.15, 0.2) is 165 Å². The van der Waals surface area contributed by atoms with Crippen molar-refractivity contribution in [2.75, 3.05) is 25.7 Å². The highest BCUT2D eigenvalue weighted by atomic mass is 32.2. The molecule has 5 heteroatoms. The van der Waals surface area contributed by atoms with Gasteiger partial charge in [0.25, 0.3) is 0 Å². The molecule has 2 nitrogen and oxygen atoms in total. The van der Waals surface area contributed by atoms with Gasteiger partial charge in [-0.1, -0.05) is 96.7 Å². The van der Waals surface area contributed by atoms with Gasteiger partial charge < -0.3 is 9.47 Å². The van der Waals surface area contributed by atoms with Crippen LogP contribution in [0, 0.1) is 0 Å². The molecule has 0 aromatic heterocycles. The molecule has 0 amide bonds. The largest absolute Gasteiger partial charge is 0.497 e. The fraction of sp³-hybridized carbons (Fsp3) is 0.182. The fourth-order valence-corrected chi connectivity index (χ4v) is 8.53. The van der Waals surface area contributed by atoms with Crippen molar-refractivity contribution in [2.45, 2.75) is 45.3 Å². The molecule has 0 aliphatic heterocycles. The van der Waals surface area contributed by atoms with Gasteiger partial charge in [0.2, 0.25) is 0 Å². The first-order chi connectivity index (χ1) is 24.1. The third-order valence-corrected chi connectivity index (χ3v) is 11.7. The lowest BCUT2D eigenvalue weighted by Gasteiger charge is -2.15. The van der Waals surface area contributed by atoms with E-state index in [0.717, 1.165) is 48.7 Å². The molecular formula is C44H42O2S3. The molecule has 0 unspecified atom stereocenters. The molecule has 0 saturated heterocycles. The van der Waals surface area contributed by atoms with Crippen molar-refractivity contribution in [2.24, 2.45) is 0 Å². The predicted octanol–water partition coefficient (Wildman–Crippen LogP) is 11.7. The molecule has 0 spiro atoms. The lowest BCUT2D eigenvalue weighted by atomic mass is 10.0. The summed E-state index contributed by atoms with van der Waals surface area (Å²) in [6.45, 7) is 0. The Hall–Kier alpha value is -4.03. The van der Waals surface area contributed by atoms with Crippen molar-refractivity contribution in [3.05, 3.63) is 179 Å². The number of hydrogen-bond donors (Lipinski definition) is 0. The first kappa shape index (κ1) is 34.8. The van der Waals surface area contributed by atoms with Crippen LogP contribution in [0.25, 0.3) is 0 Å². The van der Waals surface area contributed by atoms with Gasteiger partial charge in [-0.25, -0.2) is 0 Å². The zero-order chi connectivity index (χ0) is 33.7. The van der Waals surface area contributed by atoms with E-state index in [1.54, 1.807) is 14.2 Å². The van der Waals surface area contributed by atoms with E-state index in [0.29, 0.717) is 0 Å². The molecule has 0 aliphatic rings. The Morgan fingerprint density at radius 2 is 0.816 bits per heavy atom. The smallest absolute Gasteiger partial charge is 0.119 e. The maximum atomic E-state index is 5.66. The van der Waals surface area contributed by atoms with Gasteiger partial charge in [0, 0.05) is 31.1 Å². The standard InChI is InChI=1S/C44H42O2S3/c1-45-39-21-23-43(37(31-39)29-35-17-13-33(14-18-35)25-27-47-41-9-5-3-6-10-41)49-44-24-22-40(46-2)32-38(44)30-36-19-15-34(16-20-36)26-28-48-42-11-7-4-8-12-42/h3-24,31-32H,25-30H2,1-2H3. The number of rotatable bonds is 16. The Labute approximate surface area is 304 Å². The monoisotopic (exact) mass is 698 g/mol. The quantitative estimate of drug-likeness (QED) is 0.0934. The molecule has 248 valence electrons. The molecule has 49 heavy (non-hydrogen) atoms. The Bertz CT molecular complexity index is 1750. The van der Waals surface area contributed by atoms with Crippen LogP contribution >= 0.6 is 35.3 Å². The molecule has 0 aliphatic carbocycles. The number of methoxy groups -OCH3 is 2. The van der Waals surface area contributed by atoms with Gasteiger partial charge >= 0.3 is 0 Å². The minimum Gasteiger partial charge on any atom is -0.497 e. The van der Waals surface area contributed by atoms with E-state index in [9.17, 15) is 0 Å². The highest BCUT2D eigenvalue weighted by molar-refractivity contribution is 7.99. The number of aryl methyl sites for hydroxylation is 2. The van der Waals surface area contributed by atoms with Crippen LogP contribution in [0.5, 0.6) is 11.5 Å². The zero-order valence-electron chi connectivity index (χ0n) is 28.1. The Morgan fingerprint density at radius 3 is 1.20 bits per heavy atom. The summed E-state index contributed by atoms with van der Waals surface area (Å²) in [6.07, 6.45) is 3.79. The first-order valence-corrected chi connectivity index (χ1v) is 19.5. The minimum absolute atomic E-state index is 0.841. The van der Waals surface area contributed by atoms with E-state index < -0.39 is 0 Å². The number of ether oxygens (including phenoxy) is 2. The Morgan fingerprint density at radius 1 is 0.429 bits per heavy atom. The third kappa shape index (κ3) is 10.5. The summed E-state index contributed by atoms with van der Waals surface area (Å²) in [4.78, 5) is 5.12. The average molecular weight is 699 g/mol. The van der Waals surface area contributed by atoms with Gasteiger partial charge in [-0.2, -0.15) is 0 Å². The van der Waals surface area contributed by atoms with Gasteiger partial charge in [0.15, 0.2) is 0 Å². The Kier molecular flexibility index (Phi) is 12.9. The summed E-state index contributed by atoms with van der Waals surface area (Å²) >= 11 is 5.65. The molecule has 6 aromatic rings. The van der Waals surface area contributed by atoms with Gasteiger partial charge in [0.1, 0.15) is 11.5 Å². The fourth-order valence-electron chi connectivity index (χ4n) is 5.65. The topological polar surface area (TPSA) is 18.5 Å². The van der Waals surface area contributed by atoms with Gasteiger partial charge in [-0.15, -0.1) is 23.5 Å². The molecule has 6 aromatic carbocycles. The Balaban J connectivity index is 1.13. The summed E-state index contributed by atoms with van der Waals surface area (Å²) in [7, 11) is 3.48. The molecule has 0 bridgehead atoms. The van der Waals surface area contributed by atoms with Crippen molar-refractivity contribution in [3.63, 3.8) is 0 Å². The van der Waals surface area contributed by atoms with Crippen molar-refractivity contribution in [1.82, 2.24) is 0 Å². The number of benzene rings is 6. The first-order valence-electron chi connectivity index (χ1n) is 16.7.